The van der Waals surface area contributed by atoms with Crippen LogP contribution in [0.2, 0.25) is 0 Å². The van der Waals surface area contributed by atoms with Crippen molar-refractivity contribution >= 4 is 11.9 Å². The molecule has 0 aromatic heterocycles. The molecule has 0 fully saturated rings. The number of nitrogens with zero attached hydrogens (tertiary/aromatic N) is 2. The topological polar surface area (TPSA) is 47.6 Å². The Morgan fingerprint density at radius 3 is 2.00 bits per heavy atom. The van der Waals surface area contributed by atoms with Gasteiger partial charge in [-0.15, -0.1) is 5.46 Å². The molecule has 0 unspecified atom stereocenters. The number of nitriles is 2. The van der Waals surface area contributed by atoms with Crippen LogP contribution in [-0.4, -0.2) is 6.42 Å². The van der Waals surface area contributed by atoms with E-state index in [4.69, 9.17) is 10.5 Å². The third kappa shape index (κ3) is 1.28. The Labute approximate surface area is 69.8 Å². The zero-order valence-electron chi connectivity index (χ0n) is 6.24. The molecule has 1 rings (SSSR count). The summed E-state index contributed by atoms with van der Waals surface area (Å²) in [7, 11) is 0. The largest absolute Gasteiger partial charge is 0.476 e. The minimum Gasteiger partial charge on any atom is -0.476 e. The fourth-order valence-electron chi connectivity index (χ4n) is 0.896. The molecule has 0 N–H and O–H groups in total. The zero-order valence-corrected chi connectivity index (χ0v) is 6.24. The molecule has 0 bridgehead atoms. The zero-order chi connectivity index (χ0) is 9.03. The first-order chi connectivity index (χ1) is 5.73. The van der Waals surface area contributed by atoms with E-state index in [0.29, 0.717) is 0 Å². The Morgan fingerprint density at radius 2 is 1.58 bits per heavy atom. The molecule has 1 aromatic rings. The summed E-state index contributed by atoms with van der Waals surface area (Å²) in [5, 5.41) is 16.8. The van der Waals surface area contributed by atoms with Crippen molar-refractivity contribution in [1.82, 2.24) is 0 Å². The van der Waals surface area contributed by atoms with Gasteiger partial charge in [0.05, 0.1) is 0 Å². The van der Waals surface area contributed by atoms with E-state index in [-0.39, 0.29) is 5.46 Å². The van der Waals surface area contributed by atoms with Gasteiger partial charge in [-0.05, 0) is 0 Å². The van der Waals surface area contributed by atoms with Crippen molar-refractivity contribution in [2.75, 3.05) is 0 Å². The number of benzene rings is 1. The van der Waals surface area contributed by atoms with Crippen LogP contribution in [0.4, 0.5) is 4.32 Å². The third-order valence-corrected chi connectivity index (χ3v) is 1.61. The highest BCUT2D eigenvalue weighted by atomic mass is 19.1. The van der Waals surface area contributed by atoms with Gasteiger partial charge < -0.3 is 4.32 Å². The average Bonchev–Trinajstić information content (AvgIpc) is 2.18. The lowest BCUT2D eigenvalue weighted by Gasteiger charge is -2.15. The molecule has 0 saturated carbocycles. The molecule has 0 aliphatic carbocycles. The fourth-order valence-corrected chi connectivity index (χ4v) is 0.896. The van der Waals surface area contributed by atoms with Crippen LogP contribution in [0.25, 0.3) is 0 Å². The second-order valence-electron chi connectivity index (χ2n) is 2.43. The molecule has 0 amide bonds. The molecule has 1 aromatic carbocycles. The van der Waals surface area contributed by atoms with Gasteiger partial charge in [-0.3, -0.25) is 0 Å². The van der Waals surface area contributed by atoms with Crippen molar-refractivity contribution < 1.29 is 4.32 Å². The molecule has 4 heteroatoms. The van der Waals surface area contributed by atoms with Crippen molar-refractivity contribution in [3.05, 3.63) is 30.3 Å². The van der Waals surface area contributed by atoms with Gasteiger partial charge in [-0.2, -0.15) is 0 Å². The van der Waals surface area contributed by atoms with Crippen molar-refractivity contribution in [3.63, 3.8) is 0 Å². The van der Waals surface area contributed by atoms with Crippen LogP contribution < -0.4 is 5.46 Å². The maximum atomic E-state index is 13.3. The van der Waals surface area contributed by atoms with E-state index >= 15 is 0 Å². The fraction of sp³-hybridized carbons (Fsp3) is 0. The lowest BCUT2D eigenvalue weighted by molar-refractivity contribution is 0.843. The first kappa shape index (κ1) is 8.29. The van der Waals surface area contributed by atoms with Crippen LogP contribution in [0, 0.1) is 22.5 Å². The summed E-state index contributed by atoms with van der Waals surface area (Å²) in [6.07, 6.45) is -3.16. The predicted molar refractivity (Wildman–Crippen MR) is 44.2 cm³/mol. The van der Waals surface area contributed by atoms with Gasteiger partial charge in [0.2, 0.25) is 0 Å². The van der Waals surface area contributed by atoms with E-state index in [1.807, 2.05) is 0 Å². The Balaban J connectivity index is 3.17. The first-order valence-corrected chi connectivity index (χ1v) is 3.44. The molecule has 2 nitrogen and oxygen atoms in total. The predicted octanol–water partition coefficient (Wildman–Crippen LogP) is 0.934. The van der Waals surface area contributed by atoms with Crippen LogP contribution in [0.1, 0.15) is 0 Å². The van der Waals surface area contributed by atoms with Gasteiger partial charge in [0.25, 0.3) is 0 Å². The second kappa shape index (κ2) is 3.06. The van der Waals surface area contributed by atoms with Crippen LogP contribution in [-0.2, 0) is 0 Å². The standard InChI is InChI=1S/C8H5BFN2/c10-9(6-11,7-12)8-4-2-1-3-5-8/h1-5H/q-1. The van der Waals surface area contributed by atoms with E-state index in [0.717, 1.165) is 0 Å². The Hall–Kier alpha value is -1.81. The normalized spacial score (nSPS) is 9.92. The van der Waals surface area contributed by atoms with Gasteiger partial charge >= 0.3 is 6.42 Å². The highest BCUT2D eigenvalue weighted by molar-refractivity contribution is 6.98. The summed E-state index contributed by atoms with van der Waals surface area (Å²) in [6.45, 7) is 0. The lowest BCUT2D eigenvalue weighted by Crippen LogP contribution is -2.40. The number of hydrogen-bond donors (Lipinski definition) is 0. The summed E-state index contributed by atoms with van der Waals surface area (Å²) in [6, 6.07) is 7.77. The Bertz CT molecular complexity index is 336. The molecule has 0 radical (unpaired) electrons. The summed E-state index contributed by atoms with van der Waals surface area (Å²) in [4.78, 5) is 0. The summed E-state index contributed by atoms with van der Waals surface area (Å²) < 4.78 is 13.3. The smallest absolute Gasteiger partial charge is 0.370 e. The van der Waals surface area contributed by atoms with Crippen molar-refractivity contribution in [3.8, 4) is 11.9 Å². The molecule has 0 aliphatic rings. The minimum absolute atomic E-state index is 0.141. The van der Waals surface area contributed by atoms with E-state index < -0.39 is 6.42 Å². The van der Waals surface area contributed by atoms with Gasteiger partial charge in [-0.1, -0.05) is 42.3 Å². The lowest BCUT2D eigenvalue weighted by atomic mass is 9.42. The van der Waals surface area contributed by atoms with Gasteiger partial charge in [0, 0.05) is 0 Å². The van der Waals surface area contributed by atoms with Crippen molar-refractivity contribution in [1.29, 1.82) is 10.5 Å². The van der Waals surface area contributed by atoms with E-state index in [2.05, 4.69) is 0 Å². The number of halogens is 1. The van der Waals surface area contributed by atoms with E-state index in [9.17, 15) is 4.32 Å². The first-order valence-electron chi connectivity index (χ1n) is 3.44. The Kier molecular flexibility index (Phi) is 2.12. The molecule has 0 atom stereocenters. The molecule has 0 aliphatic heterocycles. The quantitative estimate of drug-likeness (QED) is 0.572. The van der Waals surface area contributed by atoms with E-state index in [1.165, 1.54) is 24.1 Å². The van der Waals surface area contributed by atoms with Crippen LogP contribution in [0.15, 0.2) is 30.3 Å². The SMILES string of the molecule is N#C[B-](F)(C#N)c1ccccc1. The molecular formula is C8H5BFN2-. The second-order valence-corrected chi connectivity index (χ2v) is 2.43. The molecular weight excluding hydrogens is 154 g/mol. The minimum atomic E-state index is -3.16. The molecule has 12 heavy (non-hydrogen) atoms. The third-order valence-electron chi connectivity index (χ3n) is 1.61. The van der Waals surface area contributed by atoms with Crippen molar-refractivity contribution in [2.24, 2.45) is 0 Å². The summed E-state index contributed by atoms with van der Waals surface area (Å²) in [5.41, 5.74) is 0.141. The monoisotopic (exact) mass is 159 g/mol. The van der Waals surface area contributed by atoms with Crippen LogP contribution in [0.5, 0.6) is 0 Å². The summed E-state index contributed by atoms with van der Waals surface area (Å²) >= 11 is 0. The molecule has 0 spiro atoms. The molecule has 0 heterocycles. The average molecular weight is 159 g/mol. The van der Waals surface area contributed by atoms with Crippen LogP contribution >= 0.6 is 0 Å². The highest BCUT2D eigenvalue weighted by Gasteiger charge is 2.24. The molecule has 58 valence electrons. The van der Waals surface area contributed by atoms with E-state index in [1.54, 1.807) is 18.2 Å². The summed E-state index contributed by atoms with van der Waals surface area (Å²) in [5.74, 6) is 2.76. The highest BCUT2D eigenvalue weighted by Crippen LogP contribution is 2.01. The van der Waals surface area contributed by atoms with Crippen molar-refractivity contribution in [2.45, 2.75) is 0 Å². The maximum Gasteiger partial charge on any atom is 0.370 e. The number of rotatable bonds is 1. The maximum absolute atomic E-state index is 13.3. The molecule has 0 saturated heterocycles. The van der Waals surface area contributed by atoms with Gasteiger partial charge in [0.15, 0.2) is 0 Å². The number of hydrogen-bond acceptors (Lipinski definition) is 2. The van der Waals surface area contributed by atoms with Gasteiger partial charge in [-0.25, -0.2) is 10.5 Å². The van der Waals surface area contributed by atoms with Crippen LogP contribution in [0.3, 0.4) is 0 Å². The van der Waals surface area contributed by atoms with Gasteiger partial charge in [0.1, 0.15) is 0 Å². The Morgan fingerprint density at radius 1 is 1.08 bits per heavy atom.